The third kappa shape index (κ3) is 2.74. The van der Waals surface area contributed by atoms with E-state index >= 15 is 0 Å². The average Bonchev–Trinajstić information content (AvgIpc) is 2.94. The molecule has 0 saturated carbocycles. The molecule has 1 unspecified atom stereocenters. The molecule has 0 aliphatic carbocycles. The van der Waals surface area contributed by atoms with Crippen molar-refractivity contribution in [3.8, 4) is 0 Å². The zero-order valence-electron chi connectivity index (χ0n) is 10.8. The lowest BCUT2D eigenvalue weighted by Crippen LogP contribution is -2.20. The van der Waals surface area contributed by atoms with Crippen LogP contribution in [0.1, 0.15) is 35.7 Å². The lowest BCUT2D eigenvalue weighted by Gasteiger charge is -2.14. The number of aryl methyl sites for hydroxylation is 2. The highest BCUT2D eigenvalue weighted by Gasteiger charge is 2.15. The lowest BCUT2D eigenvalue weighted by molar-refractivity contribution is 0.516. The molecule has 0 bridgehead atoms. The first kappa shape index (κ1) is 13.5. The fraction of sp³-hybridized carbons (Fsp3) is 0.500. The van der Waals surface area contributed by atoms with Crippen molar-refractivity contribution in [3.05, 3.63) is 33.0 Å². The summed E-state index contributed by atoms with van der Waals surface area (Å²) in [6.45, 7) is 4.85. The van der Waals surface area contributed by atoms with Crippen LogP contribution in [0.5, 0.6) is 0 Å². The van der Waals surface area contributed by atoms with Crippen LogP contribution in [0, 0.1) is 6.92 Å². The SMILES string of the molecule is CCC(NCc1c(C)nn(C)c1Cl)c1nccs1. The molecule has 1 N–H and O–H groups in total. The van der Waals surface area contributed by atoms with Gasteiger partial charge in [-0.3, -0.25) is 4.68 Å². The Bertz CT molecular complexity index is 506. The number of halogens is 1. The topological polar surface area (TPSA) is 42.7 Å². The van der Waals surface area contributed by atoms with Gasteiger partial charge in [0.15, 0.2) is 0 Å². The van der Waals surface area contributed by atoms with Crippen molar-refractivity contribution >= 4 is 22.9 Å². The maximum atomic E-state index is 6.21. The van der Waals surface area contributed by atoms with E-state index in [9.17, 15) is 0 Å². The van der Waals surface area contributed by atoms with E-state index < -0.39 is 0 Å². The molecular formula is C12H17ClN4S. The Labute approximate surface area is 116 Å². The van der Waals surface area contributed by atoms with Crippen molar-refractivity contribution < 1.29 is 0 Å². The Morgan fingerprint density at radius 3 is 2.83 bits per heavy atom. The molecule has 6 heteroatoms. The van der Waals surface area contributed by atoms with E-state index in [1.807, 2.05) is 25.5 Å². The summed E-state index contributed by atoms with van der Waals surface area (Å²) in [6.07, 6.45) is 2.84. The zero-order valence-corrected chi connectivity index (χ0v) is 12.3. The molecule has 0 spiro atoms. The van der Waals surface area contributed by atoms with Gasteiger partial charge in [-0.25, -0.2) is 4.98 Å². The summed E-state index contributed by atoms with van der Waals surface area (Å²) in [5.41, 5.74) is 2.04. The van der Waals surface area contributed by atoms with Gasteiger partial charge in [-0.05, 0) is 13.3 Å². The average molecular weight is 285 g/mol. The number of hydrogen-bond donors (Lipinski definition) is 1. The smallest absolute Gasteiger partial charge is 0.131 e. The molecule has 98 valence electrons. The fourth-order valence-electron chi connectivity index (χ4n) is 1.91. The van der Waals surface area contributed by atoms with Crippen LogP contribution < -0.4 is 5.32 Å². The zero-order chi connectivity index (χ0) is 13.1. The van der Waals surface area contributed by atoms with Gasteiger partial charge in [-0.15, -0.1) is 11.3 Å². The van der Waals surface area contributed by atoms with Crippen LogP contribution in [0.3, 0.4) is 0 Å². The highest BCUT2D eigenvalue weighted by atomic mass is 35.5. The summed E-state index contributed by atoms with van der Waals surface area (Å²) < 4.78 is 1.71. The number of rotatable bonds is 5. The molecule has 0 aromatic carbocycles. The lowest BCUT2D eigenvalue weighted by atomic mass is 10.2. The van der Waals surface area contributed by atoms with Crippen LogP contribution in [0.2, 0.25) is 5.15 Å². The quantitative estimate of drug-likeness (QED) is 0.917. The Balaban J connectivity index is 2.06. The molecule has 2 aromatic rings. The van der Waals surface area contributed by atoms with Gasteiger partial charge < -0.3 is 5.32 Å². The second-order valence-electron chi connectivity index (χ2n) is 4.19. The third-order valence-electron chi connectivity index (χ3n) is 2.95. The van der Waals surface area contributed by atoms with Gasteiger partial charge in [0, 0.05) is 30.7 Å². The van der Waals surface area contributed by atoms with Crippen molar-refractivity contribution in [3.63, 3.8) is 0 Å². The molecule has 4 nitrogen and oxygen atoms in total. The molecule has 2 rings (SSSR count). The Kier molecular flexibility index (Phi) is 4.37. The van der Waals surface area contributed by atoms with Crippen LogP contribution >= 0.6 is 22.9 Å². The predicted molar refractivity (Wildman–Crippen MR) is 74.9 cm³/mol. The minimum absolute atomic E-state index is 0.278. The summed E-state index contributed by atoms with van der Waals surface area (Å²) in [6, 6.07) is 0.278. The van der Waals surface area contributed by atoms with E-state index in [1.165, 1.54) is 0 Å². The summed E-state index contributed by atoms with van der Waals surface area (Å²) in [4.78, 5) is 4.35. The summed E-state index contributed by atoms with van der Waals surface area (Å²) in [7, 11) is 1.86. The third-order valence-corrected chi connectivity index (χ3v) is 4.31. The largest absolute Gasteiger partial charge is 0.304 e. The molecule has 2 aromatic heterocycles. The van der Waals surface area contributed by atoms with E-state index in [-0.39, 0.29) is 6.04 Å². The van der Waals surface area contributed by atoms with E-state index in [0.29, 0.717) is 5.15 Å². The summed E-state index contributed by atoms with van der Waals surface area (Å²) in [5.74, 6) is 0. The second-order valence-corrected chi connectivity index (χ2v) is 5.47. The van der Waals surface area contributed by atoms with Gasteiger partial charge in [0.25, 0.3) is 0 Å². The van der Waals surface area contributed by atoms with Crippen molar-refractivity contribution in [2.24, 2.45) is 7.05 Å². The van der Waals surface area contributed by atoms with Crippen LogP contribution in [0.4, 0.5) is 0 Å². The number of nitrogens with zero attached hydrogens (tertiary/aromatic N) is 3. The van der Waals surface area contributed by atoms with Gasteiger partial charge in [0.05, 0.1) is 11.7 Å². The first-order valence-electron chi connectivity index (χ1n) is 5.94. The van der Waals surface area contributed by atoms with Crippen molar-refractivity contribution in [1.82, 2.24) is 20.1 Å². The number of nitrogens with one attached hydrogen (secondary N) is 1. The van der Waals surface area contributed by atoms with E-state index in [4.69, 9.17) is 11.6 Å². The first-order valence-corrected chi connectivity index (χ1v) is 7.20. The van der Waals surface area contributed by atoms with Crippen molar-refractivity contribution in [1.29, 1.82) is 0 Å². The second kappa shape index (κ2) is 5.82. The van der Waals surface area contributed by atoms with Crippen LogP contribution in [-0.4, -0.2) is 14.8 Å². The molecule has 0 saturated heterocycles. The molecule has 0 amide bonds. The van der Waals surface area contributed by atoms with Gasteiger partial charge in [-0.2, -0.15) is 5.10 Å². The van der Waals surface area contributed by atoms with E-state index in [2.05, 4.69) is 22.3 Å². The van der Waals surface area contributed by atoms with Crippen molar-refractivity contribution in [2.75, 3.05) is 0 Å². The van der Waals surface area contributed by atoms with Crippen LogP contribution in [0.25, 0.3) is 0 Å². The van der Waals surface area contributed by atoms with Crippen molar-refractivity contribution in [2.45, 2.75) is 32.9 Å². The molecular weight excluding hydrogens is 268 g/mol. The molecule has 0 aliphatic rings. The number of hydrogen-bond acceptors (Lipinski definition) is 4. The van der Waals surface area contributed by atoms with E-state index in [1.54, 1.807) is 16.0 Å². The fourth-order valence-corrected chi connectivity index (χ4v) is 2.95. The monoisotopic (exact) mass is 284 g/mol. The van der Waals surface area contributed by atoms with Crippen LogP contribution in [-0.2, 0) is 13.6 Å². The molecule has 0 aliphatic heterocycles. The Hall–Kier alpha value is -0.910. The highest BCUT2D eigenvalue weighted by molar-refractivity contribution is 7.09. The molecule has 1 atom stereocenters. The standard InChI is InChI=1S/C12H17ClN4S/c1-4-10(12-14-5-6-18-12)15-7-9-8(2)16-17(3)11(9)13/h5-6,10,15H,4,7H2,1-3H3. The number of aromatic nitrogens is 3. The van der Waals surface area contributed by atoms with Gasteiger partial charge in [-0.1, -0.05) is 18.5 Å². The minimum Gasteiger partial charge on any atom is -0.304 e. The normalized spacial score (nSPS) is 12.9. The molecule has 2 heterocycles. The summed E-state index contributed by atoms with van der Waals surface area (Å²) in [5, 5.41) is 11.6. The van der Waals surface area contributed by atoms with Gasteiger partial charge in [0.2, 0.25) is 0 Å². The molecule has 0 fully saturated rings. The first-order chi connectivity index (χ1) is 8.63. The molecule has 18 heavy (non-hydrogen) atoms. The highest BCUT2D eigenvalue weighted by Crippen LogP contribution is 2.22. The van der Waals surface area contributed by atoms with E-state index in [0.717, 1.165) is 29.2 Å². The minimum atomic E-state index is 0.278. The molecule has 0 radical (unpaired) electrons. The Morgan fingerprint density at radius 1 is 1.56 bits per heavy atom. The predicted octanol–water partition coefficient (Wildman–Crippen LogP) is 3.08. The van der Waals surface area contributed by atoms with Crippen LogP contribution in [0.15, 0.2) is 11.6 Å². The maximum Gasteiger partial charge on any atom is 0.131 e. The maximum absolute atomic E-state index is 6.21. The Morgan fingerprint density at radius 2 is 2.33 bits per heavy atom. The number of thiazole rings is 1. The summed E-state index contributed by atoms with van der Waals surface area (Å²) >= 11 is 7.89. The van der Waals surface area contributed by atoms with Gasteiger partial charge in [0.1, 0.15) is 10.2 Å². The van der Waals surface area contributed by atoms with Gasteiger partial charge >= 0.3 is 0 Å².